The molecular formula is C33H37N5O5. The number of nitrogens with zero attached hydrogens (tertiary/aromatic N) is 2. The number of aliphatic hydroxyl groups is 1. The lowest BCUT2D eigenvalue weighted by molar-refractivity contribution is -0.294. The number of rotatable bonds is 11. The molecule has 5 atom stereocenters. The Labute approximate surface area is 250 Å². The van der Waals surface area contributed by atoms with Gasteiger partial charge in [0.2, 0.25) is 11.7 Å². The summed E-state index contributed by atoms with van der Waals surface area (Å²) in [7, 11) is 0. The summed E-state index contributed by atoms with van der Waals surface area (Å²) >= 11 is 0. The maximum Gasteiger partial charge on any atom is 0.242 e. The number of guanidine groups is 1. The van der Waals surface area contributed by atoms with Gasteiger partial charge in [-0.25, -0.2) is 4.99 Å². The molecule has 4 aromatic rings. The van der Waals surface area contributed by atoms with Crippen LogP contribution in [0.25, 0.3) is 0 Å². The summed E-state index contributed by atoms with van der Waals surface area (Å²) in [5, 5.41) is 12.7. The first-order valence-electron chi connectivity index (χ1n) is 14.3. The first-order chi connectivity index (χ1) is 20.9. The minimum atomic E-state index is -2.01. The molecule has 0 saturated carbocycles. The van der Waals surface area contributed by atoms with Gasteiger partial charge in [-0.15, -0.1) is 0 Å². The van der Waals surface area contributed by atoms with Crippen molar-refractivity contribution in [3.8, 4) is 0 Å². The highest BCUT2D eigenvalue weighted by molar-refractivity contribution is 5.86. The second-order valence-corrected chi connectivity index (χ2v) is 10.9. The molecule has 0 amide bonds. The van der Waals surface area contributed by atoms with Crippen LogP contribution in [0.3, 0.4) is 0 Å². The molecule has 3 heterocycles. The highest BCUT2D eigenvalue weighted by Gasteiger charge is 2.67. The number of hydrogen-bond acceptors (Lipinski definition) is 9. The van der Waals surface area contributed by atoms with Crippen LogP contribution in [0, 0.1) is 0 Å². The van der Waals surface area contributed by atoms with E-state index in [1.807, 2.05) is 97.9 Å². The second-order valence-electron chi connectivity index (χ2n) is 10.9. The molecule has 0 radical (unpaired) electrons. The smallest absolute Gasteiger partial charge is 0.242 e. The quantitative estimate of drug-likeness (QED) is 0.210. The lowest BCUT2D eigenvalue weighted by Gasteiger charge is -2.41. The number of fused-ring (bicyclic) bond motifs is 1. The minimum Gasteiger partial charge on any atom is -0.374 e. The molecule has 224 valence electrons. The maximum absolute atomic E-state index is 12.7. The third kappa shape index (κ3) is 5.81. The number of benzene rings is 3. The Balaban J connectivity index is 1.37. The van der Waals surface area contributed by atoms with E-state index in [1.165, 1.54) is 0 Å². The molecule has 2 aliphatic heterocycles. The molecule has 10 nitrogen and oxygen atoms in total. The summed E-state index contributed by atoms with van der Waals surface area (Å²) in [4.78, 5) is 4.20. The number of nitrogens with two attached hydrogens (primary N) is 2. The van der Waals surface area contributed by atoms with Crippen LogP contribution in [0.15, 0.2) is 108 Å². The van der Waals surface area contributed by atoms with Crippen LogP contribution in [-0.2, 0) is 44.6 Å². The average molecular weight is 584 g/mol. The highest BCUT2D eigenvalue weighted by atomic mass is 16.7. The predicted octanol–water partition coefficient (Wildman–Crippen LogP) is 3.64. The van der Waals surface area contributed by atoms with Gasteiger partial charge < -0.3 is 35.5 Å². The molecule has 0 spiro atoms. The summed E-state index contributed by atoms with van der Waals surface area (Å²) in [6, 6.07) is 33.0. The maximum atomic E-state index is 12.7. The van der Waals surface area contributed by atoms with E-state index in [4.69, 9.17) is 30.4 Å². The standard InChI is InChI=1S/C33H37N5O5/c1-32(42-21-25-15-9-4-10-16-25)29(41-20-24-13-7-3-8-14-24)27(22-40-19-23-11-5-2-6-12-23)43-33(32,39)28-18-17-26-30(34)36-31(35)37-38(26)28/h2-18,27,29-30,39H,19-22,34H2,1H3,(H3,35,36,37)/t27-,29-,30?,32-,33+/m1/s1. The van der Waals surface area contributed by atoms with Crippen molar-refractivity contribution in [3.63, 3.8) is 0 Å². The number of ether oxygens (including phenoxy) is 4. The number of nitrogens with one attached hydrogen (secondary N) is 1. The van der Waals surface area contributed by atoms with E-state index in [1.54, 1.807) is 16.8 Å². The number of hydrogen-bond donors (Lipinski definition) is 4. The molecular weight excluding hydrogens is 546 g/mol. The van der Waals surface area contributed by atoms with Gasteiger partial charge in [0.1, 0.15) is 24.1 Å². The van der Waals surface area contributed by atoms with Gasteiger partial charge in [-0.1, -0.05) is 91.0 Å². The van der Waals surface area contributed by atoms with E-state index >= 15 is 0 Å². The van der Waals surface area contributed by atoms with E-state index in [0.29, 0.717) is 18.0 Å². The van der Waals surface area contributed by atoms with Gasteiger partial charge in [0.15, 0.2) is 5.60 Å². The summed E-state index contributed by atoms with van der Waals surface area (Å²) in [6.45, 7) is 2.80. The third-order valence-electron chi connectivity index (χ3n) is 7.99. The van der Waals surface area contributed by atoms with E-state index in [0.717, 1.165) is 16.7 Å². The molecule has 0 aliphatic carbocycles. The second kappa shape index (κ2) is 12.3. The van der Waals surface area contributed by atoms with Crippen molar-refractivity contribution in [2.75, 3.05) is 12.0 Å². The molecule has 43 heavy (non-hydrogen) atoms. The van der Waals surface area contributed by atoms with Crippen molar-refractivity contribution in [1.29, 1.82) is 0 Å². The lowest BCUT2D eigenvalue weighted by atomic mass is 9.87. The van der Waals surface area contributed by atoms with Gasteiger partial charge in [0.05, 0.1) is 32.1 Å². The Kier molecular flexibility index (Phi) is 8.31. The monoisotopic (exact) mass is 583 g/mol. The van der Waals surface area contributed by atoms with Crippen molar-refractivity contribution in [2.45, 2.75) is 56.5 Å². The lowest BCUT2D eigenvalue weighted by Crippen LogP contribution is -2.56. The molecule has 6 N–H and O–H groups in total. The van der Waals surface area contributed by atoms with Crippen LogP contribution in [0.5, 0.6) is 0 Å². The summed E-state index contributed by atoms with van der Waals surface area (Å²) in [6.07, 6.45) is -2.16. The fourth-order valence-corrected chi connectivity index (χ4v) is 5.69. The van der Waals surface area contributed by atoms with E-state index < -0.39 is 29.8 Å². The Morgan fingerprint density at radius 2 is 1.44 bits per heavy atom. The minimum absolute atomic E-state index is 0.116. The first kappa shape index (κ1) is 29.1. The van der Waals surface area contributed by atoms with Gasteiger partial charge in [0, 0.05) is 0 Å². The zero-order valence-electron chi connectivity index (χ0n) is 24.0. The van der Waals surface area contributed by atoms with E-state index in [2.05, 4.69) is 10.4 Å². The van der Waals surface area contributed by atoms with Crippen LogP contribution < -0.4 is 16.9 Å². The van der Waals surface area contributed by atoms with Crippen LogP contribution in [-0.4, -0.2) is 40.2 Å². The molecule has 1 saturated heterocycles. The van der Waals surface area contributed by atoms with Crippen LogP contribution in [0.2, 0.25) is 0 Å². The van der Waals surface area contributed by atoms with E-state index in [9.17, 15) is 5.11 Å². The fraction of sp³-hybridized carbons (Fsp3) is 0.303. The van der Waals surface area contributed by atoms with Gasteiger partial charge in [0.25, 0.3) is 0 Å². The van der Waals surface area contributed by atoms with Crippen molar-refractivity contribution in [1.82, 2.24) is 4.68 Å². The topological polar surface area (TPSA) is 139 Å². The van der Waals surface area contributed by atoms with Gasteiger partial charge in [-0.05, 0) is 35.7 Å². The Morgan fingerprint density at radius 1 is 0.860 bits per heavy atom. The highest BCUT2D eigenvalue weighted by Crippen LogP contribution is 2.50. The number of aliphatic imine (C=N–C) groups is 1. The molecule has 1 aromatic heterocycles. The zero-order valence-corrected chi connectivity index (χ0v) is 24.0. The van der Waals surface area contributed by atoms with Crippen LogP contribution >= 0.6 is 0 Å². The average Bonchev–Trinajstić information content (AvgIpc) is 3.54. The summed E-state index contributed by atoms with van der Waals surface area (Å²) in [5.74, 6) is -1.89. The summed E-state index contributed by atoms with van der Waals surface area (Å²) in [5.41, 5.74) is 17.8. The van der Waals surface area contributed by atoms with Crippen molar-refractivity contribution >= 4 is 5.96 Å². The fourth-order valence-electron chi connectivity index (χ4n) is 5.69. The van der Waals surface area contributed by atoms with Crippen LogP contribution in [0.1, 0.15) is 41.2 Å². The van der Waals surface area contributed by atoms with Crippen molar-refractivity contribution < 1.29 is 24.1 Å². The Hall–Kier alpha value is -4.03. The van der Waals surface area contributed by atoms with Gasteiger partial charge in [-0.3, -0.25) is 10.1 Å². The Bertz CT molecular complexity index is 1530. The largest absolute Gasteiger partial charge is 0.374 e. The molecule has 3 aromatic carbocycles. The normalized spacial score (nSPS) is 26.5. The van der Waals surface area contributed by atoms with Crippen molar-refractivity contribution in [3.05, 3.63) is 131 Å². The summed E-state index contributed by atoms with van der Waals surface area (Å²) < 4.78 is 27.6. The Morgan fingerprint density at radius 3 is 2.07 bits per heavy atom. The van der Waals surface area contributed by atoms with Crippen molar-refractivity contribution in [2.24, 2.45) is 16.5 Å². The SMILES string of the molecule is C[C@@]1(OCc2ccccc2)[C@H](OCc2ccccc2)[C@@H](COCc2ccccc2)O[C@@]1(O)c1ccc2n1NC(N)=NC2N. The molecule has 1 unspecified atom stereocenters. The molecule has 10 heteroatoms. The van der Waals surface area contributed by atoms with Crippen LogP contribution in [0.4, 0.5) is 0 Å². The van der Waals surface area contributed by atoms with Gasteiger partial charge in [-0.2, -0.15) is 0 Å². The zero-order chi connectivity index (χ0) is 29.9. The predicted molar refractivity (Wildman–Crippen MR) is 162 cm³/mol. The molecule has 6 rings (SSSR count). The number of aromatic nitrogens is 1. The first-order valence-corrected chi connectivity index (χ1v) is 14.3. The van der Waals surface area contributed by atoms with Gasteiger partial charge >= 0.3 is 0 Å². The third-order valence-corrected chi connectivity index (χ3v) is 7.99. The van der Waals surface area contributed by atoms with E-state index in [-0.39, 0.29) is 25.8 Å². The molecule has 0 bridgehead atoms. The molecule has 2 aliphatic rings. The molecule has 1 fully saturated rings.